The minimum atomic E-state index is 0. The molecule has 2 heteroatoms. The summed E-state index contributed by atoms with van der Waals surface area (Å²) in [7, 11) is 0. The topological polar surface area (TPSA) is 21.3 Å². The molecule has 24 heavy (non-hydrogen) atoms. The Kier molecular flexibility index (Phi) is 8.07. The van der Waals surface area contributed by atoms with Crippen molar-refractivity contribution in [2.75, 3.05) is 0 Å². The number of ether oxygens (including phenoxy) is 1. The Morgan fingerprint density at radius 2 is 1.00 bits per heavy atom. The minimum Gasteiger partial charge on any atom is -0.375 e. The summed E-state index contributed by atoms with van der Waals surface area (Å²) in [6.07, 6.45) is 21.8. The van der Waals surface area contributed by atoms with Crippen molar-refractivity contribution in [3.05, 3.63) is 0 Å². The van der Waals surface area contributed by atoms with Gasteiger partial charge in [-0.1, -0.05) is 47.0 Å². The maximum atomic E-state index is 5.47. The van der Waals surface area contributed by atoms with E-state index in [1.165, 1.54) is 69.6 Å². The first kappa shape index (κ1) is 20.2. The fourth-order valence-corrected chi connectivity index (χ4v) is 5.72. The fraction of sp³-hybridized carbons (Fsp3) is 1.00. The van der Waals surface area contributed by atoms with Crippen LogP contribution in [0.5, 0.6) is 0 Å². The van der Waals surface area contributed by atoms with E-state index < -0.39 is 0 Å². The molecule has 6 rings (SSSR count). The van der Waals surface area contributed by atoms with Crippen LogP contribution in [0, 0.1) is 11.8 Å². The summed E-state index contributed by atoms with van der Waals surface area (Å²) in [5.74, 6) is 2.34. The molecule has 2 atom stereocenters. The SMILES string of the molecule is C.C.C1CC2CCC(C1)N2.C1CC2CCC1C2.C1CC2CCC1O2. The van der Waals surface area contributed by atoms with E-state index >= 15 is 0 Å². The molecule has 6 bridgehead atoms. The molecule has 4 saturated heterocycles. The quantitative estimate of drug-likeness (QED) is 0.577. The summed E-state index contributed by atoms with van der Waals surface area (Å²) in [4.78, 5) is 0. The predicted octanol–water partition coefficient (Wildman–Crippen LogP) is 6.09. The zero-order valence-corrected chi connectivity index (χ0v) is 14.3. The van der Waals surface area contributed by atoms with Gasteiger partial charge in [0.1, 0.15) is 0 Å². The zero-order valence-electron chi connectivity index (χ0n) is 14.3. The first-order valence-corrected chi connectivity index (χ1v) is 10.3. The number of fused-ring (bicyclic) bond motifs is 6. The Bertz CT molecular complexity index is 286. The van der Waals surface area contributed by atoms with E-state index in [-0.39, 0.29) is 14.9 Å². The molecule has 2 unspecified atom stereocenters. The average molecular weight is 338 g/mol. The molecule has 0 spiro atoms. The van der Waals surface area contributed by atoms with Gasteiger partial charge in [-0.05, 0) is 69.6 Å². The van der Waals surface area contributed by atoms with Crippen LogP contribution >= 0.6 is 0 Å². The Hall–Kier alpha value is -0.0800. The minimum absolute atomic E-state index is 0. The largest absolute Gasteiger partial charge is 0.375 e. The van der Waals surface area contributed by atoms with Crippen molar-refractivity contribution in [1.82, 2.24) is 5.32 Å². The summed E-state index contributed by atoms with van der Waals surface area (Å²) in [5, 5.41) is 3.59. The third kappa shape index (κ3) is 5.21. The Balaban J connectivity index is 0.000000125. The van der Waals surface area contributed by atoms with E-state index in [0.29, 0.717) is 12.2 Å². The third-order valence-corrected chi connectivity index (χ3v) is 7.08. The van der Waals surface area contributed by atoms with Crippen molar-refractivity contribution >= 4 is 0 Å². The van der Waals surface area contributed by atoms with Crippen LogP contribution in [0.2, 0.25) is 0 Å². The molecule has 2 aliphatic carbocycles. The molecule has 4 aliphatic heterocycles. The van der Waals surface area contributed by atoms with E-state index in [2.05, 4.69) is 5.32 Å². The summed E-state index contributed by atoms with van der Waals surface area (Å²) in [6.45, 7) is 0. The number of nitrogens with one attached hydrogen (secondary N) is 1. The molecule has 0 amide bonds. The lowest BCUT2D eigenvalue weighted by Crippen LogP contribution is -2.33. The molecule has 0 aromatic heterocycles. The number of piperidine rings is 1. The normalized spacial score (nSPS) is 43.0. The second-order valence-electron chi connectivity index (χ2n) is 8.73. The molecule has 1 N–H and O–H groups in total. The van der Waals surface area contributed by atoms with Gasteiger partial charge in [-0.25, -0.2) is 0 Å². The molecule has 0 radical (unpaired) electrons. The standard InChI is InChI=1S/C7H13N.C7H12.C6H10O.2CH4/c1-2-6-4-5-7(3-1)8-6;1-2-7-4-3-6(1)5-7;1-2-6-4-3-5(1)7-6;;/h6-8H,1-5H2;6-7H,1-5H2;5-6H,1-4H2;2*1H4. The van der Waals surface area contributed by atoms with Gasteiger partial charge in [-0.3, -0.25) is 0 Å². The van der Waals surface area contributed by atoms with Crippen LogP contribution in [-0.2, 0) is 4.74 Å². The van der Waals surface area contributed by atoms with Gasteiger partial charge >= 0.3 is 0 Å². The van der Waals surface area contributed by atoms with Gasteiger partial charge < -0.3 is 10.1 Å². The first-order valence-electron chi connectivity index (χ1n) is 10.3. The maximum Gasteiger partial charge on any atom is 0.0580 e. The highest BCUT2D eigenvalue weighted by Crippen LogP contribution is 2.43. The zero-order chi connectivity index (χ0) is 14.8. The molecule has 142 valence electrons. The molecular formula is C22H43NO. The molecule has 2 nitrogen and oxygen atoms in total. The second kappa shape index (κ2) is 9.57. The molecule has 2 saturated carbocycles. The van der Waals surface area contributed by atoms with Gasteiger partial charge in [0.05, 0.1) is 12.2 Å². The lowest BCUT2D eigenvalue weighted by atomic mass is 10.0. The van der Waals surface area contributed by atoms with E-state index in [1.54, 1.807) is 32.1 Å². The van der Waals surface area contributed by atoms with Crippen LogP contribution in [0.1, 0.15) is 105 Å². The van der Waals surface area contributed by atoms with Gasteiger partial charge in [0.15, 0.2) is 0 Å². The van der Waals surface area contributed by atoms with Crippen molar-refractivity contribution in [1.29, 1.82) is 0 Å². The average Bonchev–Trinajstić information content (AvgIpc) is 3.38. The smallest absolute Gasteiger partial charge is 0.0580 e. The van der Waals surface area contributed by atoms with E-state index in [1.807, 2.05) is 0 Å². The van der Waals surface area contributed by atoms with Gasteiger partial charge in [0.25, 0.3) is 0 Å². The van der Waals surface area contributed by atoms with Crippen LogP contribution < -0.4 is 5.32 Å². The van der Waals surface area contributed by atoms with Crippen LogP contribution in [-0.4, -0.2) is 24.3 Å². The lowest BCUT2D eigenvalue weighted by molar-refractivity contribution is 0.105. The van der Waals surface area contributed by atoms with Gasteiger partial charge in [-0.15, -0.1) is 0 Å². The van der Waals surface area contributed by atoms with Crippen LogP contribution in [0.4, 0.5) is 0 Å². The summed E-state index contributed by atoms with van der Waals surface area (Å²) < 4.78 is 5.47. The second-order valence-corrected chi connectivity index (χ2v) is 8.73. The number of rotatable bonds is 0. The van der Waals surface area contributed by atoms with Crippen LogP contribution in [0.25, 0.3) is 0 Å². The van der Waals surface area contributed by atoms with Crippen molar-refractivity contribution in [2.24, 2.45) is 11.8 Å². The van der Waals surface area contributed by atoms with E-state index in [0.717, 1.165) is 12.1 Å². The highest BCUT2D eigenvalue weighted by atomic mass is 16.5. The predicted molar refractivity (Wildman–Crippen MR) is 104 cm³/mol. The van der Waals surface area contributed by atoms with E-state index in [4.69, 9.17) is 4.74 Å². The number of hydrogen-bond donors (Lipinski definition) is 1. The highest BCUT2D eigenvalue weighted by molar-refractivity contribution is 4.87. The van der Waals surface area contributed by atoms with Gasteiger partial charge in [-0.2, -0.15) is 0 Å². The van der Waals surface area contributed by atoms with Crippen molar-refractivity contribution in [3.8, 4) is 0 Å². The van der Waals surface area contributed by atoms with Crippen LogP contribution in [0.15, 0.2) is 0 Å². The van der Waals surface area contributed by atoms with Crippen molar-refractivity contribution in [3.63, 3.8) is 0 Å². The van der Waals surface area contributed by atoms with Gasteiger partial charge in [0.2, 0.25) is 0 Å². The van der Waals surface area contributed by atoms with Crippen molar-refractivity contribution < 1.29 is 4.74 Å². The molecule has 4 heterocycles. The first-order chi connectivity index (χ1) is 10.8. The Morgan fingerprint density at radius 3 is 1.25 bits per heavy atom. The summed E-state index contributed by atoms with van der Waals surface area (Å²) in [6, 6.07) is 1.82. The van der Waals surface area contributed by atoms with Crippen molar-refractivity contribution in [2.45, 2.75) is 129 Å². The molecule has 6 aliphatic rings. The fourth-order valence-electron chi connectivity index (χ4n) is 5.72. The molecule has 0 aromatic carbocycles. The molecule has 0 aromatic rings. The Labute approximate surface area is 151 Å². The van der Waals surface area contributed by atoms with Crippen LogP contribution in [0.3, 0.4) is 0 Å². The third-order valence-electron chi connectivity index (χ3n) is 7.08. The summed E-state index contributed by atoms with van der Waals surface area (Å²) >= 11 is 0. The number of hydrogen-bond acceptors (Lipinski definition) is 2. The van der Waals surface area contributed by atoms with Gasteiger partial charge in [0, 0.05) is 12.1 Å². The highest BCUT2D eigenvalue weighted by Gasteiger charge is 2.32. The lowest BCUT2D eigenvalue weighted by Gasteiger charge is -2.19. The molecular weight excluding hydrogens is 294 g/mol. The van der Waals surface area contributed by atoms with E-state index in [9.17, 15) is 0 Å². The summed E-state index contributed by atoms with van der Waals surface area (Å²) in [5.41, 5.74) is 0. The Morgan fingerprint density at radius 1 is 0.542 bits per heavy atom. The maximum absolute atomic E-state index is 5.47. The monoisotopic (exact) mass is 337 g/mol. The molecule has 6 fully saturated rings.